The Balaban J connectivity index is 2.45. The standard InChI is InChI=1S/C14H21NO3S/c1-3-12-7-8-13(18-4-2)14(11-12)19(16,17)15-9-5-6-10-15/h7-8,11H,3-6,9-10H2,1-2H3. The summed E-state index contributed by atoms with van der Waals surface area (Å²) in [6, 6.07) is 5.44. The minimum atomic E-state index is -3.42. The average molecular weight is 283 g/mol. The van der Waals surface area contributed by atoms with E-state index < -0.39 is 10.0 Å². The Kier molecular flexibility index (Phi) is 4.47. The highest BCUT2D eigenvalue weighted by atomic mass is 32.2. The summed E-state index contributed by atoms with van der Waals surface area (Å²) in [7, 11) is -3.42. The second-order valence-corrected chi connectivity index (χ2v) is 6.59. The molecule has 4 nitrogen and oxygen atoms in total. The van der Waals surface area contributed by atoms with Crippen molar-refractivity contribution in [2.45, 2.75) is 38.0 Å². The fraction of sp³-hybridized carbons (Fsp3) is 0.571. The summed E-state index contributed by atoms with van der Waals surface area (Å²) < 4.78 is 32.3. The number of sulfonamides is 1. The van der Waals surface area contributed by atoms with Crippen LogP contribution in [0, 0.1) is 0 Å². The fourth-order valence-electron chi connectivity index (χ4n) is 2.32. The van der Waals surface area contributed by atoms with Crippen molar-refractivity contribution >= 4 is 10.0 Å². The predicted octanol–water partition coefficient (Wildman–Crippen LogP) is 2.43. The molecule has 0 aromatic heterocycles. The van der Waals surface area contributed by atoms with E-state index >= 15 is 0 Å². The van der Waals surface area contributed by atoms with E-state index in [-0.39, 0.29) is 0 Å². The number of ether oxygens (including phenoxy) is 1. The van der Waals surface area contributed by atoms with Crippen LogP contribution in [-0.4, -0.2) is 32.4 Å². The van der Waals surface area contributed by atoms with Crippen molar-refractivity contribution in [1.29, 1.82) is 0 Å². The van der Waals surface area contributed by atoms with Crippen LogP contribution < -0.4 is 4.74 Å². The molecule has 1 saturated heterocycles. The fourth-order valence-corrected chi connectivity index (χ4v) is 4.01. The number of benzene rings is 1. The molecule has 1 aromatic rings. The third-order valence-corrected chi connectivity index (χ3v) is 5.32. The van der Waals surface area contributed by atoms with Crippen LogP contribution in [0.15, 0.2) is 23.1 Å². The minimum Gasteiger partial charge on any atom is -0.492 e. The molecule has 19 heavy (non-hydrogen) atoms. The largest absolute Gasteiger partial charge is 0.492 e. The summed E-state index contributed by atoms with van der Waals surface area (Å²) in [5.74, 6) is 0.464. The molecule has 5 heteroatoms. The number of rotatable bonds is 5. The lowest BCUT2D eigenvalue weighted by Gasteiger charge is -2.18. The van der Waals surface area contributed by atoms with E-state index in [0.29, 0.717) is 30.3 Å². The Morgan fingerprint density at radius 2 is 1.89 bits per heavy atom. The lowest BCUT2D eigenvalue weighted by molar-refractivity contribution is 0.329. The molecule has 0 atom stereocenters. The second kappa shape index (κ2) is 5.92. The van der Waals surface area contributed by atoms with Crippen molar-refractivity contribution in [2.24, 2.45) is 0 Å². The molecular weight excluding hydrogens is 262 g/mol. The highest BCUT2D eigenvalue weighted by Crippen LogP contribution is 2.30. The van der Waals surface area contributed by atoms with Gasteiger partial charge in [0, 0.05) is 13.1 Å². The van der Waals surface area contributed by atoms with Gasteiger partial charge in [0.2, 0.25) is 10.0 Å². The first-order valence-electron chi connectivity index (χ1n) is 6.85. The highest BCUT2D eigenvalue weighted by molar-refractivity contribution is 7.89. The Morgan fingerprint density at radius 1 is 1.21 bits per heavy atom. The topological polar surface area (TPSA) is 46.6 Å². The van der Waals surface area contributed by atoms with Crippen molar-refractivity contribution in [3.63, 3.8) is 0 Å². The summed E-state index contributed by atoms with van der Waals surface area (Å²) in [4.78, 5) is 0.315. The van der Waals surface area contributed by atoms with E-state index in [1.54, 1.807) is 16.4 Å². The van der Waals surface area contributed by atoms with Crippen LogP contribution in [0.3, 0.4) is 0 Å². The summed E-state index contributed by atoms with van der Waals surface area (Å²) in [6.45, 7) is 5.57. The molecular formula is C14H21NO3S. The molecule has 0 spiro atoms. The molecule has 0 amide bonds. The first kappa shape index (κ1) is 14.3. The number of aryl methyl sites for hydroxylation is 1. The molecule has 1 aliphatic heterocycles. The summed E-state index contributed by atoms with van der Waals surface area (Å²) in [5, 5.41) is 0. The van der Waals surface area contributed by atoms with Gasteiger partial charge in [-0.25, -0.2) is 8.42 Å². The maximum Gasteiger partial charge on any atom is 0.246 e. The molecule has 1 fully saturated rings. The van der Waals surface area contributed by atoms with E-state index in [0.717, 1.165) is 24.8 Å². The smallest absolute Gasteiger partial charge is 0.246 e. The third-order valence-electron chi connectivity index (χ3n) is 3.40. The maximum atomic E-state index is 12.6. The van der Waals surface area contributed by atoms with E-state index in [1.807, 2.05) is 19.9 Å². The van der Waals surface area contributed by atoms with Crippen molar-refractivity contribution in [2.75, 3.05) is 19.7 Å². The van der Waals surface area contributed by atoms with Crippen LogP contribution in [0.5, 0.6) is 5.75 Å². The van der Waals surface area contributed by atoms with Gasteiger partial charge in [0.25, 0.3) is 0 Å². The van der Waals surface area contributed by atoms with Crippen LogP contribution in [0.4, 0.5) is 0 Å². The van der Waals surface area contributed by atoms with Gasteiger partial charge in [-0.15, -0.1) is 0 Å². The predicted molar refractivity (Wildman–Crippen MR) is 75.0 cm³/mol. The number of nitrogens with zero attached hydrogens (tertiary/aromatic N) is 1. The van der Waals surface area contributed by atoms with Gasteiger partial charge in [-0.3, -0.25) is 0 Å². The Bertz CT molecular complexity index is 534. The molecule has 0 aliphatic carbocycles. The monoisotopic (exact) mass is 283 g/mol. The third kappa shape index (κ3) is 2.92. The quantitative estimate of drug-likeness (QED) is 0.834. The number of hydrogen-bond donors (Lipinski definition) is 0. The maximum absolute atomic E-state index is 12.6. The van der Waals surface area contributed by atoms with Gasteiger partial charge in [0.05, 0.1) is 6.61 Å². The van der Waals surface area contributed by atoms with Crippen LogP contribution in [0.25, 0.3) is 0 Å². The van der Waals surface area contributed by atoms with E-state index in [1.165, 1.54) is 0 Å². The summed E-state index contributed by atoms with van der Waals surface area (Å²) >= 11 is 0. The lowest BCUT2D eigenvalue weighted by Crippen LogP contribution is -2.28. The second-order valence-electron chi connectivity index (χ2n) is 4.68. The highest BCUT2D eigenvalue weighted by Gasteiger charge is 2.30. The first-order valence-corrected chi connectivity index (χ1v) is 8.29. The van der Waals surface area contributed by atoms with Gasteiger partial charge in [0.15, 0.2) is 0 Å². The minimum absolute atomic E-state index is 0.315. The lowest BCUT2D eigenvalue weighted by atomic mass is 10.2. The van der Waals surface area contributed by atoms with Crippen LogP contribution in [0.1, 0.15) is 32.3 Å². The Labute approximate surface area is 115 Å². The average Bonchev–Trinajstić information content (AvgIpc) is 2.94. The summed E-state index contributed by atoms with van der Waals surface area (Å²) in [6.07, 6.45) is 2.70. The molecule has 0 saturated carbocycles. The van der Waals surface area contributed by atoms with Crippen molar-refractivity contribution < 1.29 is 13.2 Å². The Morgan fingerprint density at radius 3 is 2.47 bits per heavy atom. The zero-order valence-corrected chi connectivity index (χ0v) is 12.4. The molecule has 0 bridgehead atoms. The van der Waals surface area contributed by atoms with Crippen LogP contribution >= 0.6 is 0 Å². The summed E-state index contributed by atoms with van der Waals surface area (Å²) in [5.41, 5.74) is 1.02. The van der Waals surface area contributed by atoms with Crippen LogP contribution in [-0.2, 0) is 16.4 Å². The SMILES string of the molecule is CCOc1ccc(CC)cc1S(=O)(=O)N1CCCC1. The molecule has 1 aliphatic rings. The van der Waals surface area contributed by atoms with Gasteiger partial charge < -0.3 is 4.74 Å². The Hall–Kier alpha value is -1.07. The first-order chi connectivity index (χ1) is 9.09. The van der Waals surface area contributed by atoms with Gasteiger partial charge in [-0.1, -0.05) is 13.0 Å². The molecule has 1 heterocycles. The normalized spacial score (nSPS) is 16.7. The van der Waals surface area contributed by atoms with Gasteiger partial charge >= 0.3 is 0 Å². The van der Waals surface area contributed by atoms with Crippen LogP contribution in [0.2, 0.25) is 0 Å². The zero-order chi connectivity index (χ0) is 13.9. The van der Waals surface area contributed by atoms with Gasteiger partial charge in [-0.05, 0) is 43.9 Å². The molecule has 0 N–H and O–H groups in total. The zero-order valence-electron chi connectivity index (χ0n) is 11.6. The van der Waals surface area contributed by atoms with Crippen molar-refractivity contribution in [3.8, 4) is 5.75 Å². The molecule has 2 rings (SSSR count). The molecule has 1 aromatic carbocycles. The van der Waals surface area contributed by atoms with Crippen molar-refractivity contribution in [3.05, 3.63) is 23.8 Å². The number of hydrogen-bond acceptors (Lipinski definition) is 3. The van der Waals surface area contributed by atoms with Crippen molar-refractivity contribution in [1.82, 2.24) is 4.31 Å². The van der Waals surface area contributed by atoms with Gasteiger partial charge in [-0.2, -0.15) is 4.31 Å². The molecule has 106 valence electrons. The molecule has 0 unspecified atom stereocenters. The molecule has 0 radical (unpaired) electrons. The van der Waals surface area contributed by atoms with E-state index in [9.17, 15) is 8.42 Å². The van der Waals surface area contributed by atoms with Gasteiger partial charge in [0.1, 0.15) is 10.6 Å². The van der Waals surface area contributed by atoms with E-state index in [2.05, 4.69) is 0 Å². The van der Waals surface area contributed by atoms with E-state index in [4.69, 9.17) is 4.74 Å².